The molecule has 0 aliphatic heterocycles. The second-order valence-corrected chi connectivity index (χ2v) is 7.80. The van der Waals surface area contributed by atoms with Gasteiger partial charge in [0.25, 0.3) is 5.91 Å². The highest BCUT2D eigenvalue weighted by atomic mass is 16.1. The molecule has 6 N–H and O–H groups in total. The van der Waals surface area contributed by atoms with E-state index in [-0.39, 0.29) is 17.6 Å². The van der Waals surface area contributed by atoms with Crippen molar-refractivity contribution in [3.05, 3.63) is 54.0 Å². The van der Waals surface area contributed by atoms with Gasteiger partial charge in [-0.2, -0.15) is 4.98 Å². The number of benzene rings is 1. The van der Waals surface area contributed by atoms with Crippen molar-refractivity contribution in [1.82, 2.24) is 19.9 Å². The largest absolute Gasteiger partial charge is 0.365 e. The Labute approximate surface area is 180 Å². The van der Waals surface area contributed by atoms with Gasteiger partial charge in [-0.15, -0.1) is 0 Å². The third-order valence-corrected chi connectivity index (χ3v) is 5.35. The van der Waals surface area contributed by atoms with E-state index in [0.29, 0.717) is 17.6 Å². The van der Waals surface area contributed by atoms with Gasteiger partial charge in [0.15, 0.2) is 5.82 Å². The minimum absolute atomic E-state index is 0.0507. The molecule has 1 saturated carbocycles. The van der Waals surface area contributed by atoms with Crippen molar-refractivity contribution in [3.63, 3.8) is 0 Å². The van der Waals surface area contributed by atoms with Crippen LogP contribution in [0.4, 0.5) is 17.5 Å². The molecule has 160 valence electrons. The maximum absolute atomic E-state index is 12.0. The first-order valence-electron chi connectivity index (χ1n) is 10.3. The molecule has 0 saturated heterocycles. The zero-order chi connectivity index (χ0) is 21.8. The van der Waals surface area contributed by atoms with Gasteiger partial charge in [0.2, 0.25) is 5.95 Å². The van der Waals surface area contributed by atoms with Gasteiger partial charge in [-0.1, -0.05) is 12.8 Å². The van der Waals surface area contributed by atoms with E-state index in [1.165, 1.54) is 6.20 Å². The van der Waals surface area contributed by atoms with Crippen molar-refractivity contribution in [2.75, 3.05) is 10.6 Å². The van der Waals surface area contributed by atoms with Crippen molar-refractivity contribution in [1.29, 1.82) is 0 Å². The SMILES string of the molecule is Cc1cc(Nc2nc(N[C@@H]3CCCC[C@@H]3N)ncc2C(N)=O)cc(-c2ncccn2)c1. The highest BCUT2D eigenvalue weighted by Crippen LogP contribution is 2.26. The first-order valence-corrected chi connectivity index (χ1v) is 10.3. The number of carbonyl (C=O) groups excluding carboxylic acids is 1. The number of nitrogens with two attached hydrogens (primary N) is 2. The van der Waals surface area contributed by atoms with E-state index in [1.54, 1.807) is 18.5 Å². The molecule has 0 bridgehead atoms. The van der Waals surface area contributed by atoms with Crippen LogP contribution in [-0.4, -0.2) is 37.9 Å². The Balaban J connectivity index is 1.64. The van der Waals surface area contributed by atoms with E-state index in [4.69, 9.17) is 11.5 Å². The summed E-state index contributed by atoms with van der Waals surface area (Å²) < 4.78 is 0. The molecule has 0 unspecified atom stereocenters. The predicted octanol–water partition coefficient (Wildman–Crippen LogP) is 2.77. The third kappa shape index (κ3) is 4.95. The average Bonchev–Trinajstić information content (AvgIpc) is 2.75. The highest BCUT2D eigenvalue weighted by molar-refractivity contribution is 5.98. The minimum atomic E-state index is -0.609. The van der Waals surface area contributed by atoms with E-state index >= 15 is 0 Å². The smallest absolute Gasteiger partial charge is 0.254 e. The third-order valence-electron chi connectivity index (χ3n) is 5.35. The zero-order valence-electron chi connectivity index (χ0n) is 17.4. The van der Waals surface area contributed by atoms with Crippen LogP contribution in [-0.2, 0) is 0 Å². The Hall–Kier alpha value is -3.59. The van der Waals surface area contributed by atoms with Gasteiger partial charge in [-0.25, -0.2) is 15.0 Å². The molecule has 4 rings (SSSR count). The number of rotatable bonds is 6. The summed E-state index contributed by atoms with van der Waals surface area (Å²) in [6.45, 7) is 1.98. The molecule has 0 spiro atoms. The fraction of sp³-hybridized carbons (Fsp3) is 0.318. The first kappa shape index (κ1) is 20.7. The number of carbonyl (C=O) groups is 1. The summed E-state index contributed by atoms with van der Waals surface area (Å²) >= 11 is 0. The molecule has 2 aromatic heterocycles. The zero-order valence-corrected chi connectivity index (χ0v) is 17.4. The molecule has 2 atom stereocenters. The molecule has 1 amide bonds. The van der Waals surface area contributed by atoms with Gasteiger partial charge in [0.05, 0.1) is 0 Å². The second kappa shape index (κ2) is 9.05. The number of hydrogen-bond donors (Lipinski definition) is 4. The van der Waals surface area contributed by atoms with Crippen LogP contribution >= 0.6 is 0 Å². The Morgan fingerprint density at radius 1 is 1.10 bits per heavy atom. The lowest BCUT2D eigenvalue weighted by molar-refractivity contribution is 0.100. The van der Waals surface area contributed by atoms with Crippen molar-refractivity contribution < 1.29 is 4.79 Å². The monoisotopic (exact) mass is 418 g/mol. The molecule has 9 heteroatoms. The van der Waals surface area contributed by atoms with E-state index in [2.05, 4.69) is 30.6 Å². The number of aromatic nitrogens is 4. The van der Waals surface area contributed by atoms with Crippen LogP contribution in [0.3, 0.4) is 0 Å². The summed E-state index contributed by atoms with van der Waals surface area (Å²) in [5.41, 5.74) is 14.6. The van der Waals surface area contributed by atoms with Crippen molar-refractivity contribution in [2.24, 2.45) is 11.5 Å². The summed E-state index contributed by atoms with van der Waals surface area (Å²) in [6, 6.07) is 7.76. The van der Waals surface area contributed by atoms with E-state index in [1.807, 2.05) is 25.1 Å². The Bertz CT molecular complexity index is 1070. The van der Waals surface area contributed by atoms with Gasteiger partial charge < -0.3 is 22.1 Å². The van der Waals surface area contributed by atoms with Gasteiger partial charge in [0, 0.05) is 41.9 Å². The highest BCUT2D eigenvalue weighted by Gasteiger charge is 2.23. The molecule has 1 aromatic carbocycles. The van der Waals surface area contributed by atoms with Crippen molar-refractivity contribution >= 4 is 23.4 Å². The fourth-order valence-electron chi connectivity index (χ4n) is 3.80. The Morgan fingerprint density at radius 2 is 1.87 bits per heavy atom. The Morgan fingerprint density at radius 3 is 2.61 bits per heavy atom. The van der Waals surface area contributed by atoms with Crippen LogP contribution < -0.4 is 22.1 Å². The summed E-state index contributed by atoms with van der Waals surface area (Å²) in [6.07, 6.45) is 9.00. The number of anilines is 3. The lowest BCUT2D eigenvalue weighted by atomic mass is 9.91. The molecular formula is C22H26N8O. The van der Waals surface area contributed by atoms with Crippen LogP contribution in [0.15, 0.2) is 42.9 Å². The molecule has 2 heterocycles. The summed E-state index contributed by atoms with van der Waals surface area (Å²) in [4.78, 5) is 29.4. The van der Waals surface area contributed by atoms with Crippen LogP contribution in [0.25, 0.3) is 11.4 Å². The standard InChI is InChI=1S/C22H26N8O/c1-13-9-14(20-25-7-4-8-26-20)11-15(10-13)28-21-16(19(24)31)12-27-22(30-21)29-18-6-3-2-5-17(18)23/h4,7-12,17-18H,2-3,5-6,23H2,1H3,(H2,24,31)(H2,27,28,29,30)/t17-,18+/m0/s1. The minimum Gasteiger partial charge on any atom is -0.365 e. The van der Waals surface area contributed by atoms with E-state index in [9.17, 15) is 4.79 Å². The van der Waals surface area contributed by atoms with Gasteiger partial charge in [-0.3, -0.25) is 4.79 Å². The fourth-order valence-corrected chi connectivity index (χ4v) is 3.80. The number of nitrogens with zero attached hydrogens (tertiary/aromatic N) is 4. The Kier molecular flexibility index (Phi) is 6.03. The molecule has 1 fully saturated rings. The maximum atomic E-state index is 12.0. The van der Waals surface area contributed by atoms with E-state index in [0.717, 1.165) is 42.5 Å². The number of aryl methyl sites for hydroxylation is 1. The van der Waals surface area contributed by atoms with Crippen molar-refractivity contribution in [3.8, 4) is 11.4 Å². The normalized spacial score (nSPS) is 18.4. The maximum Gasteiger partial charge on any atom is 0.254 e. The summed E-state index contributed by atoms with van der Waals surface area (Å²) in [5, 5.41) is 6.53. The molecule has 0 radical (unpaired) electrons. The molecule has 3 aromatic rings. The quantitative estimate of drug-likeness (QED) is 0.478. The van der Waals surface area contributed by atoms with Crippen LogP contribution in [0.1, 0.15) is 41.6 Å². The van der Waals surface area contributed by atoms with Gasteiger partial charge in [0.1, 0.15) is 11.4 Å². The van der Waals surface area contributed by atoms with Gasteiger partial charge >= 0.3 is 0 Å². The van der Waals surface area contributed by atoms with Crippen LogP contribution in [0, 0.1) is 6.92 Å². The summed E-state index contributed by atoms with van der Waals surface area (Å²) in [5.74, 6) is 0.748. The average molecular weight is 419 g/mol. The van der Waals surface area contributed by atoms with Crippen molar-refractivity contribution in [2.45, 2.75) is 44.7 Å². The van der Waals surface area contributed by atoms with Crippen LogP contribution in [0.2, 0.25) is 0 Å². The molecule has 1 aliphatic carbocycles. The van der Waals surface area contributed by atoms with Gasteiger partial charge in [-0.05, 0) is 49.6 Å². The number of primary amides is 1. The number of amides is 1. The predicted molar refractivity (Wildman–Crippen MR) is 120 cm³/mol. The molecular weight excluding hydrogens is 392 g/mol. The molecule has 1 aliphatic rings. The van der Waals surface area contributed by atoms with Crippen LogP contribution in [0.5, 0.6) is 0 Å². The molecule has 9 nitrogen and oxygen atoms in total. The lowest BCUT2D eigenvalue weighted by Gasteiger charge is -2.29. The number of nitrogens with one attached hydrogen (secondary N) is 2. The second-order valence-electron chi connectivity index (χ2n) is 7.80. The van der Waals surface area contributed by atoms with E-state index < -0.39 is 5.91 Å². The topological polar surface area (TPSA) is 145 Å². The lowest BCUT2D eigenvalue weighted by Crippen LogP contribution is -2.43. The molecule has 31 heavy (non-hydrogen) atoms. The first-order chi connectivity index (χ1) is 15.0. The number of hydrogen-bond acceptors (Lipinski definition) is 8. The summed E-state index contributed by atoms with van der Waals surface area (Å²) in [7, 11) is 0.